The molecule has 1 unspecified atom stereocenters. The number of hydrogen-bond acceptors (Lipinski definition) is 4. The molecule has 6 nitrogen and oxygen atoms in total. The quantitative estimate of drug-likeness (QED) is 0.707. The largest absolute Gasteiger partial charge is 0.480 e. The average molecular weight is 257 g/mol. The SMILES string of the molecule is COC(=O)CC(NC(=O)C1CCCCC1)C(=O)O. The van der Waals surface area contributed by atoms with Crippen molar-refractivity contribution in [3.8, 4) is 0 Å². The van der Waals surface area contributed by atoms with Crippen molar-refractivity contribution in [2.75, 3.05) is 7.11 Å². The van der Waals surface area contributed by atoms with E-state index in [4.69, 9.17) is 5.11 Å². The maximum absolute atomic E-state index is 11.9. The summed E-state index contributed by atoms with van der Waals surface area (Å²) in [7, 11) is 1.18. The molecule has 0 saturated heterocycles. The molecular weight excluding hydrogens is 238 g/mol. The number of carboxylic acids is 1. The summed E-state index contributed by atoms with van der Waals surface area (Å²) in [5.74, 6) is -2.26. The number of aliphatic carboxylic acids is 1. The molecule has 1 aliphatic rings. The number of nitrogens with one attached hydrogen (secondary N) is 1. The van der Waals surface area contributed by atoms with Gasteiger partial charge in [-0.2, -0.15) is 0 Å². The van der Waals surface area contributed by atoms with Crippen LogP contribution in [0.25, 0.3) is 0 Å². The van der Waals surface area contributed by atoms with E-state index in [0.29, 0.717) is 0 Å². The first-order valence-corrected chi connectivity index (χ1v) is 6.14. The van der Waals surface area contributed by atoms with Gasteiger partial charge in [0.15, 0.2) is 0 Å². The van der Waals surface area contributed by atoms with Crippen LogP contribution >= 0.6 is 0 Å². The number of hydrogen-bond donors (Lipinski definition) is 2. The van der Waals surface area contributed by atoms with Crippen molar-refractivity contribution < 1.29 is 24.2 Å². The summed E-state index contributed by atoms with van der Waals surface area (Å²) in [5, 5.41) is 11.4. The molecule has 0 spiro atoms. The Balaban J connectivity index is 2.51. The smallest absolute Gasteiger partial charge is 0.326 e. The van der Waals surface area contributed by atoms with Gasteiger partial charge >= 0.3 is 11.9 Å². The molecule has 0 aromatic carbocycles. The minimum Gasteiger partial charge on any atom is -0.480 e. The lowest BCUT2D eigenvalue weighted by Gasteiger charge is -2.22. The second-order valence-electron chi connectivity index (χ2n) is 4.51. The summed E-state index contributed by atoms with van der Waals surface area (Å²) in [5.41, 5.74) is 0. The molecule has 1 aliphatic carbocycles. The van der Waals surface area contributed by atoms with Crippen LogP contribution in [0.3, 0.4) is 0 Å². The zero-order valence-electron chi connectivity index (χ0n) is 10.5. The van der Waals surface area contributed by atoms with Crippen molar-refractivity contribution in [3.05, 3.63) is 0 Å². The van der Waals surface area contributed by atoms with Crippen LogP contribution in [0.2, 0.25) is 0 Å². The van der Waals surface area contributed by atoms with Crippen LogP contribution in [-0.4, -0.2) is 36.1 Å². The van der Waals surface area contributed by atoms with Gasteiger partial charge in [-0.1, -0.05) is 19.3 Å². The molecule has 0 heterocycles. The molecule has 1 saturated carbocycles. The lowest BCUT2D eigenvalue weighted by molar-refractivity contribution is -0.149. The number of carboxylic acid groups (broad SMARTS) is 1. The van der Waals surface area contributed by atoms with Gasteiger partial charge in [-0.3, -0.25) is 9.59 Å². The molecule has 0 radical (unpaired) electrons. The summed E-state index contributed by atoms with van der Waals surface area (Å²) in [6.45, 7) is 0. The van der Waals surface area contributed by atoms with Gasteiger partial charge in [-0.25, -0.2) is 4.79 Å². The third kappa shape index (κ3) is 4.35. The van der Waals surface area contributed by atoms with Gasteiger partial charge in [0, 0.05) is 5.92 Å². The molecule has 1 fully saturated rings. The number of rotatable bonds is 5. The Morgan fingerprint density at radius 2 is 1.89 bits per heavy atom. The van der Waals surface area contributed by atoms with E-state index in [1.54, 1.807) is 0 Å². The molecule has 0 bridgehead atoms. The van der Waals surface area contributed by atoms with Crippen LogP contribution in [0.1, 0.15) is 38.5 Å². The highest BCUT2D eigenvalue weighted by Crippen LogP contribution is 2.23. The lowest BCUT2D eigenvalue weighted by atomic mass is 9.88. The predicted octanol–water partition coefficient (Wildman–Crippen LogP) is 0.699. The minimum absolute atomic E-state index is 0.127. The molecule has 18 heavy (non-hydrogen) atoms. The van der Waals surface area contributed by atoms with Crippen LogP contribution in [0, 0.1) is 5.92 Å². The number of amides is 1. The molecule has 1 amide bonds. The van der Waals surface area contributed by atoms with Crippen LogP contribution in [0.4, 0.5) is 0 Å². The maximum Gasteiger partial charge on any atom is 0.326 e. The Morgan fingerprint density at radius 3 is 2.39 bits per heavy atom. The van der Waals surface area contributed by atoms with Gasteiger partial charge in [0.2, 0.25) is 5.91 Å². The highest BCUT2D eigenvalue weighted by atomic mass is 16.5. The standard InChI is InChI=1S/C12H19NO5/c1-18-10(14)7-9(12(16)17)13-11(15)8-5-3-2-4-6-8/h8-9H,2-7H2,1H3,(H,13,15)(H,16,17). The van der Waals surface area contributed by atoms with E-state index in [2.05, 4.69) is 10.1 Å². The molecule has 1 rings (SSSR count). The zero-order chi connectivity index (χ0) is 13.5. The van der Waals surface area contributed by atoms with E-state index in [-0.39, 0.29) is 18.2 Å². The fraction of sp³-hybridized carbons (Fsp3) is 0.750. The van der Waals surface area contributed by atoms with Crippen molar-refractivity contribution >= 4 is 17.8 Å². The zero-order valence-corrected chi connectivity index (χ0v) is 10.5. The first-order valence-electron chi connectivity index (χ1n) is 6.14. The fourth-order valence-electron chi connectivity index (χ4n) is 2.10. The van der Waals surface area contributed by atoms with Crippen molar-refractivity contribution in [3.63, 3.8) is 0 Å². The fourth-order valence-corrected chi connectivity index (χ4v) is 2.10. The van der Waals surface area contributed by atoms with Gasteiger partial charge in [0.05, 0.1) is 13.5 Å². The minimum atomic E-state index is -1.22. The van der Waals surface area contributed by atoms with Crippen molar-refractivity contribution in [2.45, 2.75) is 44.6 Å². The summed E-state index contributed by atoms with van der Waals surface area (Å²) >= 11 is 0. The Hall–Kier alpha value is -1.59. The third-order valence-electron chi connectivity index (χ3n) is 3.19. The molecule has 6 heteroatoms. The normalized spacial score (nSPS) is 17.8. The number of ether oxygens (including phenoxy) is 1. The second-order valence-corrected chi connectivity index (χ2v) is 4.51. The van der Waals surface area contributed by atoms with Gasteiger partial charge < -0.3 is 15.2 Å². The van der Waals surface area contributed by atoms with E-state index in [1.165, 1.54) is 7.11 Å². The van der Waals surface area contributed by atoms with Gasteiger partial charge in [0.1, 0.15) is 6.04 Å². The van der Waals surface area contributed by atoms with Gasteiger partial charge in [-0.05, 0) is 12.8 Å². The first-order chi connectivity index (χ1) is 8.54. The molecule has 102 valence electrons. The number of carbonyl (C=O) groups excluding carboxylic acids is 2. The maximum atomic E-state index is 11.9. The van der Waals surface area contributed by atoms with E-state index in [9.17, 15) is 14.4 Å². The topological polar surface area (TPSA) is 92.7 Å². The number of methoxy groups -OCH3 is 1. The van der Waals surface area contributed by atoms with Crippen molar-refractivity contribution in [1.29, 1.82) is 0 Å². The monoisotopic (exact) mass is 257 g/mol. The Bertz CT molecular complexity index is 322. The van der Waals surface area contributed by atoms with E-state index < -0.39 is 18.0 Å². The highest BCUT2D eigenvalue weighted by molar-refractivity contribution is 5.88. The van der Waals surface area contributed by atoms with E-state index >= 15 is 0 Å². The van der Waals surface area contributed by atoms with Gasteiger partial charge in [-0.15, -0.1) is 0 Å². The average Bonchev–Trinajstić information content (AvgIpc) is 2.38. The van der Waals surface area contributed by atoms with Crippen molar-refractivity contribution in [1.82, 2.24) is 5.32 Å². The summed E-state index contributed by atoms with van der Waals surface area (Å²) in [6.07, 6.45) is 4.34. The molecule has 0 aromatic rings. The summed E-state index contributed by atoms with van der Waals surface area (Å²) < 4.78 is 4.40. The van der Waals surface area contributed by atoms with Crippen LogP contribution < -0.4 is 5.32 Å². The summed E-state index contributed by atoms with van der Waals surface area (Å²) in [4.78, 5) is 33.9. The predicted molar refractivity (Wildman–Crippen MR) is 62.8 cm³/mol. The molecule has 1 atom stereocenters. The number of carbonyl (C=O) groups is 3. The molecule has 2 N–H and O–H groups in total. The Morgan fingerprint density at radius 1 is 1.28 bits per heavy atom. The molecule has 0 aromatic heterocycles. The van der Waals surface area contributed by atoms with E-state index in [1.807, 2.05) is 0 Å². The van der Waals surface area contributed by atoms with Crippen LogP contribution in [-0.2, 0) is 19.1 Å². The first kappa shape index (κ1) is 14.5. The summed E-state index contributed by atoms with van der Waals surface area (Å²) in [6, 6.07) is -1.20. The van der Waals surface area contributed by atoms with Gasteiger partial charge in [0.25, 0.3) is 0 Å². The molecular formula is C12H19NO5. The molecule has 0 aliphatic heterocycles. The Labute approximate surface area is 106 Å². The Kier molecular flexibility index (Phi) is 5.61. The van der Waals surface area contributed by atoms with Crippen LogP contribution in [0.5, 0.6) is 0 Å². The van der Waals surface area contributed by atoms with Crippen molar-refractivity contribution in [2.24, 2.45) is 5.92 Å². The lowest BCUT2D eigenvalue weighted by Crippen LogP contribution is -2.45. The number of esters is 1. The highest BCUT2D eigenvalue weighted by Gasteiger charge is 2.28. The second kappa shape index (κ2) is 6.98. The third-order valence-corrected chi connectivity index (χ3v) is 3.19. The van der Waals surface area contributed by atoms with E-state index in [0.717, 1.165) is 32.1 Å². The van der Waals surface area contributed by atoms with Crippen LogP contribution in [0.15, 0.2) is 0 Å².